The van der Waals surface area contributed by atoms with Gasteiger partial charge in [-0.05, 0) is 37.8 Å². The van der Waals surface area contributed by atoms with Gasteiger partial charge >= 0.3 is 0 Å². The van der Waals surface area contributed by atoms with Crippen molar-refractivity contribution in [3.8, 4) is 11.4 Å². The van der Waals surface area contributed by atoms with Crippen LogP contribution < -0.4 is 10.6 Å². The quantitative estimate of drug-likeness (QED) is 0.258. The van der Waals surface area contributed by atoms with Crippen LogP contribution in [0, 0.1) is 11.6 Å². The fourth-order valence-corrected chi connectivity index (χ4v) is 5.42. The summed E-state index contributed by atoms with van der Waals surface area (Å²) in [7, 11) is 1.92. The number of H-pyrrole nitrogens is 2. The maximum absolute atomic E-state index is 14.3. The van der Waals surface area contributed by atoms with Crippen LogP contribution in [0.5, 0.6) is 0 Å². The molecule has 10 nitrogen and oxygen atoms in total. The van der Waals surface area contributed by atoms with Crippen molar-refractivity contribution >= 4 is 27.8 Å². The lowest BCUT2D eigenvalue weighted by atomic mass is 9.91. The van der Waals surface area contributed by atoms with Gasteiger partial charge in [0.25, 0.3) is 0 Å². The number of hydrogen-bond acceptors (Lipinski definition) is 7. The summed E-state index contributed by atoms with van der Waals surface area (Å²) in [4.78, 5) is 12.5. The molecule has 1 aromatic carbocycles. The summed E-state index contributed by atoms with van der Waals surface area (Å²) in [5, 5.41) is 19.1. The maximum atomic E-state index is 14.3. The van der Waals surface area contributed by atoms with Gasteiger partial charge in [-0.25, -0.2) is 18.7 Å². The topological polar surface area (TPSA) is 125 Å². The number of benzene rings is 1. The fourth-order valence-electron chi connectivity index (χ4n) is 5.42. The van der Waals surface area contributed by atoms with Gasteiger partial charge in [0.2, 0.25) is 0 Å². The predicted molar refractivity (Wildman–Crippen MR) is 133 cm³/mol. The molecule has 1 saturated carbocycles. The van der Waals surface area contributed by atoms with E-state index in [0.717, 1.165) is 48.5 Å². The van der Waals surface area contributed by atoms with Crippen LogP contribution in [0.15, 0.2) is 36.8 Å². The number of aryl methyl sites for hydroxylation is 1. The normalized spacial score (nSPS) is 23.6. The average molecular weight is 506 g/mol. The van der Waals surface area contributed by atoms with E-state index in [2.05, 4.69) is 31.0 Å². The summed E-state index contributed by atoms with van der Waals surface area (Å²) >= 11 is 0. The van der Waals surface area contributed by atoms with Gasteiger partial charge in [0.15, 0.2) is 5.82 Å². The van der Waals surface area contributed by atoms with Crippen molar-refractivity contribution in [1.82, 2.24) is 40.2 Å². The Bertz CT molecular complexity index is 1600. The second-order valence-corrected chi connectivity index (χ2v) is 9.82. The first-order valence-electron chi connectivity index (χ1n) is 12.4. The molecule has 5 aromatic rings. The largest absolute Gasteiger partial charge is 0.367 e. The van der Waals surface area contributed by atoms with E-state index in [-0.39, 0.29) is 23.9 Å². The Morgan fingerprint density at radius 1 is 1.14 bits per heavy atom. The highest BCUT2D eigenvalue weighted by Gasteiger charge is 2.43. The maximum Gasteiger partial charge on any atom is 0.166 e. The first-order chi connectivity index (χ1) is 18.0. The van der Waals surface area contributed by atoms with Gasteiger partial charge in [-0.2, -0.15) is 15.4 Å². The van der Waals surface area contributed by atoms with E-state index in [1.165, 1.54) is 6.07 Å². The average Bonchev–Trinajstić information content (AvgIpc) is 3.25. The Balaban J connectivity index is 1.16. The minimum absolute atomic E-state index is 0.0528. The number of nitrogens with one attached hydrogen (secondary N) is 4. The second kappa shape index (κ2) is 8.60. The number of epoxide rings is 1. The zero-order chi connectivity index (χ0) is 25.1. The zero-order valence-corrected chi connectivity index (χ0v) is 20.0. The Labute approximate surface area is 209 Å². The minimum Gasteiger partial charge on any atom is -0.367 e. The lowest BCUT2D eigenvalue weighted by Gasteiger charge is -2.30. The molecule has 2 aliphatic rings. The number of ether oxygens (including phenoxy) is 1. The number of nitrogens with zero attached hydrogens (tertiary/aromatic N) is 5. The molecular weight excluding hydrogens is 480 g/mol. The van der Waals surface area contributed by atoms with Crippen LogP contribution in [0.1, 0.15) is 37.5 Å². The Kier molecular flexibility index (Phi) is 5.18. The molecule has 1 aliphatic heterocycles. The van der Waals surface area contributed by atoms with Crippen molar-refractivity contribution in [2.75, 3.05) is 5.32 Å². The molecule has 1 saturated heterocycles. The molecule has 0 radical (unpaired) electrons. The summed E-state index contributed by atoms with van der Waals surface area (Å²) in [6.45, 7) is 0. The molecule has 4 aromatic heterocycles. The van der Waals surface area contributed by atoms with Crippen molar-refractivity contribution < 1.29 is 13.5 Å². The van der Waals surface area contributed by atoms with Crippen molar-refractivity contribution in [2.24, 2.45) is 7.05 Å². The molecule has 5 heterocycles. The first kappa shape index (κ1) is 22.3. The lowest BCUT2D eigenvalue weighted by molar-refractivity contribution is 0.285. The first-order valence-corrected chi connectivity index (χ1v) is 12.4. The third-order valence-corrected chi connectivity index (χ3v) is 7.30. The van der Waals surface area contributed by atoms with Gasteiger partial charge in [-0.3, -0.25) is 5.32 Å². The summed E-state index contributed by atoms with van der Waals surface area (Å²) in [5.41, 5.74) is 2.33. The van der Waals surface area contributed by atoms with Crippen molar-refractivity contribution in [3.63, 3.8) is 0 Å². The molecule has 0 spiro atoms. The summed E-state index contributed by atoms with van der Waals surface area (Å²) < 4.78 is 36.0. The SMILES string of the molecule is Cn1ccc2c(N[C@H]3CCC[C@@H](NC4OC4c4cn[nH]n4)C3)nc(-c3c[nH]c4c(F)cc(F)cc34)nc21. The smallest absolute Gasteiger partial charge is 0.166 e. The van der Waals surface area contributed by atoms with Crippen molar-refractivity contribution in [3.05, 3.63) is 54.1 Å². The van der Waals surface area contributed by atoms with E-state index in [1.54, 1.807) is 12.4 Å². The highest BCUT2D eigenvalue weighted by Crippen LogP contribution is 2.37. The molecule has 4 N–H and O–H groups in total. The van der Waals surface area contributed by atoms with Gasteiger partial charge < -0.3 is 19.6 Å². The number of hydrogen-bond donors (Lipinski definition) is 4. The van der Waals surface area contributed by atoms with E-state index in [0.29, 0.717) is 28.6 Å². The molecule has 4 atom stereocenters. The van der Waals surface area contributed by atoms with E-state index >= 15 is 0 Å². The van der Waals surface area contributed by atoms with Crippen molar-refractivity contribution in [2.45, 2.75) is 50.1 Å². The van der Waals surface area contributed by atoms with Crippen molar-refractivity contribution in [1.29, 1.82) is 0 Å². The van der Waals surface area contributed by atoms with E-state index < -0.39 is 11.6 Å². The van der Waals surface area contributed by atoms with Crippen LogP contribution in [0.3, 0.4) is 0 Å². The third-order valence-electron chi connectivity index (χ3n) is 7.30. The molecule has 190 valence electrons. The van der Waals surface area contributed by atoms with Crippen LogP contribution >= 0.6 is 0 Å². The predicted octanol–water partition coefficient (Wildman–Crippen LogP) is 3.92. The summed E-state index contributed by atoms with van der Waals surface area (Å²) in [5.74, 6) is -0.179. The molecule has 0 amide bonds. The monoisotopic (exact) mass is 505 g/mol. The van der Waals surface area contributed by atoms with E-state index in [1.807, 2.05) is 23.9 Å². The van der Waals surface area contributed by atoms with Gasteiger partial charge in [0, 0.05) is 48.5 Å². The van der Waals surface area contributed by atoms with E-state index in [9.17, 15) is 8.78 Å². The summed E-state index contributed by atoms with van der Waals surface area (Å²) in [6, 6.07) is 4.64. The number of anilines is 1. The number of fused-ring (bicyclic) bond motifs is 2. The highest BCUT2D eigenvalue weighted by atomic mass is 19.1. The number of rotatable bonds is 6. The molecule has 7 rings (SSSR count). The molecule has 12 heteroatoms. The molecule has 37 heavy (non-hydrogen) atoms. The number of aromatic amines is 2. The standard InChI is InChI=1S/C25H25F2N9O/c1-36-6-5-15-22(30-13-3-2-4-14(9-13)31-25-21(37-25)19-11-29-35-34-19)32-23(33-24(15)36)17-10-28-20-16(17)7-12(26)8-18(20)27/h5-8,10-11,13-14,21,25,28,31H,2-4,9H2,1H3,(H,29,34,35)(H,30,32,33)/t13-,14+,21?,25?/m0/s1. The number of halogens is 2. The third kappa shape index (κ3) is 4.02. The van der Waals surface area contributed by atoms with Crippen LogP contribution in [0.2, 0.25) is 0 Å². The fraction of sp³-hybridized carbons (Fsp3) is 0.360. The zero-order valence-electron chi connectivity index (χ0n) is 20.0. The Morgan fingerprint density at radius 3 is 2.89 bits per heavy atom. The molecular formula is C25H25F2N9O. The lowest BCUT2D eigenvalue weighted by Crippen LogP contribution is -2.40. The highest BCUT2D eigenvalue weighted by molar-refractivity contribution is 5.96. The minimum atomic E-state index is -0.647. The molecule has 0 bridgehead atoms. The number of aromatic nitrogens is 7. The van der Waals surface area contributed by atoms with Gasteiger partial charge in [-0.15, -0.1) is 0 Å². The van der Waals surface area contributed by atoms with Gasteiger partial charge in [0.1, 0.15) is 41.1 Å². The van der Waals surface area contributed by atoms with Crippen LogP contribution in [-0.2, 0) is 11.8 Å². The Morgan fingerprint density at radius 2 is 2.03 bits per heavy atom. The van der Waals surface area contributed by atoms with Gasteiger partial charge in [0.05, 0.1) is 17.1 Å². The summed E-state index contributed by atoms with van der Waals surface area (Å²) in [6.07, 6.45) is 9.17. The van der Waals surface area contributed by atoms with E-state index in [4.69, 9.17) is 14.7 Å². The van der Waals surface area contributed by atoms with Gasteiger partial charge in [-0.1, -0.05) is 0 Å². The second-order valence-electron chi connectivity index (χ2n) is 9.82. The van der Waals surface area contributed by atoms with Crippen LogP contribution in [-0.4, -0.2) is 53.2 Å². The van der Waals surface area contributed by atoms with Crippen LogP contribution in [0.4, 0.5) is 14.6 Å². The van der Waals surface area contributed by atoms with Crippen LogP contribution in [0.25, 0.3) is 33.3 Å². The Hall–Kier alpha value is -3.90. The molecule has 2 fully saturated rings. The molecule has 1 aliphatic carbocycles. The molecule has 2 unspecified atom stereocenters.